The van der Waals surface area contributed by atoms with Gasteiger partial charge in [0, 0.05) is 50.1 Å². The number of rotatable bonds is 5. The summed E-state index contributed by atoms with van der Waals surface area (Å²) in [5.41, 5.74) is 0.748. The average Bonchev–Trinajstić information content (AvgIpc) is 3.22. The van der Waals surface area contributed by atoms with Gasteiger partial charge in [-0.05, 0) is 57.9 Å². The Labute approximate surface area is 182 Å². The number of hydrogen-bond donors (Lipinski definition) is 2. The van der Waals surface area contributed by atoms with Gasteiger partial charge in [0.05, 0.1) is 0 Å². The zero-order valence-electron chi connectivity index (χ0n) is 18.5. The summed E-state index contributed by atoms with van der Waals surface area (Å²) >= 11 is 0. The Hall–Kier alpha value is -2.84. The van der Waals surface area contributed by atoms with Crippen LogP contribution in [0, 0.1) is 11.8 Å². The molecule has 1 unspecified atom stereocenters. The number of carbonyl (C=O) groups excluding carboxylic acids is 1. The number of amides is 1. The second kappa shape index (κ2) is 7.69. The molecule has 2 aliphatic heterocycles. The monoisotopic (exact) mass is 425 g/mol. The van der Waals surface area contributed by atoms with Gasteiger partial charge in [0.2, 0.25) is 5.95 Å². The molecule has 3 fully saturated rings. The lowest BCUT2D eigenvalue weighted by atomic mass is 9.85. The number of likely N-dealkylation sites (tertiary alicyclic amines) is 1. The molecule has 9 heteroatoms. The van der Waals surface area contributed by atoms with Crippen LogP contribution in [0.5, 0.6) is 0 Å². The Balaban J connectivity index is 1.14. The van der Waals surface area contributed by atoms with E-state index in [1.807, 2.05) is 26.8 Å². The lowest BCUT2D eigenvalue weighted by molar-refractivity contribution is -0.00912. The molecular weight excluding hydrogens is 394 g/mol. The topological polar surface area (TPSA) is 99.3 Å². The van der Waals surface area contributed by atoms with Gasteiger partial charge in [-0.2, -0.15) is 10.1 Å². The molecule has 0 bridgehead atoms. The van der Waals surface area contributed by atoms with Gasteiger partial charge in [-0.25, -0.2) is 9.78 Å². The van der Waals surface area contributed by atoms with Crippen LogP contribution in [0.1, 0.15) is 51.6 Å². The van der Waals surface area contributed by atoms with E-state index in [2.05, 4.69) is 31.5 Å². The first-order valence-electron chi connectivity index (χ1n) is 11.2. The molecule has 9 nitrogen and oxygen atoms in total. The Bertz CT molecular complexity index is 943. The van der Waals surface area contributed by atoms with Crippen LogP contribution in [0.3, 0.4) is 0 Å². The van der Waals surface area contributed by atoms with Crippen molar-refractivity contribution in [2.24, 2.45) is 11.8 Å². The minimum atomic E-state index is -0.446. The van der Waals surface area contributed by atoms with Gasteiger partial charge in [-0.15, -0.1) is 0 Å². The molecule has 4 heterocycles. The van der Waals surface area contributed by atoms with Crippen LogP contribution in [-0.4, -0.2) is 62.9 Å². The first-order chi connectivity index (χ1) is 14.8. The van der Waals surface area contributed by atoms with Gasteiger partial charge >= 0.3 is 6.09 Å². The summed E-state index contributed by atoms with van der Waals surface area (Å²) in [6.07, 6.45) is 5.17. The van der Waals surface area contributed by atoms with E-state index in [1.54, 1.807) is 11.1 Å². The third-order valence-corrected chi connectivity index (χ3v) is 6.25. The number of ether oxygens (including phenoxy) is 1. The van der Waals surface area contributed by atoms with Gasteiger partial charge in [-0.3, -0.25) is 5.10 Å². The van der Waals surface area contributed by atoms with E-state index in [0.717, 1.165) is 50.2 Å². The summed E-state index contributed by atoms with van der Waals surface area (Å²) in [6.45, 7) is 9.11. The fraction of sp³-hybridized carbons (Fsp3) is 0.636. The van der Waals surface area contributed by atoms with Gasteiger partial charge in [0.25, 0.3) is 0 Å². The fourth-order valence-corrected chi connectivity index (χ4v) is 4.35. The number of anilines is 3. The number of nitrogens with one attached hydrogen (secondary N) is 2. The molecule has 166 valence electrons. The van der Waals surface area contributed by atoms with Crippen molar-refractivity contribution in [3.63, 3.8) is 0 Å². The van der Waals surface area contributed by atoms with Crippen LogP contribution >= 0.6 is 0 Å². The number of hydrogen-bond acceptors (Lipinski definition) is 7. The van der Waals surface area contributed by atoms with E-state index in [4.69, 9.17) is 9.72 Å². The van der Waals surface area contributed by atoms with Crippen molar-refractivity contribution in [2.75, 3.05) is 36.4 Å². The summed E-state index contributed by atoms with van der Waals surface area (Å²) < 4.78 is 5.47. The molecular formula is C22H31N7O2. The first kappa shape index (κ1) is 20.1. The minimum absolute atomic E-state index is 0.205. The fourth-order valence-electron chi connectivity index (χ4n) is 4.35. The smallest absolute Gasteiger partial charge is 0.410 e. The van der Waals surface area contributed by atoms with Gasteiger partial charge in [0.15, 0.2) is 5.82 Å². The zero-order chi connectivity index (χ0) is 21.6. The molecule has 2 aromatic rings. The van der Waals surface area contributed by atoms with E-state index >= 15 is 0 Å². The van der Waals surface area contributed by atoms with E-state index in [9.17, 15) is 4.79 Å². The van der Waals surface area contributed by atoms with Gasteiger partial charge < -0.3 is 19.9 Å². The van der Waals surface area contributed by atoms with Crippen molar-refractivity contribution < 1.29 is 9.53 Å². The highest BCUT2D eigenvalue weighted by atomic mass is 16.6. The van der Waals surface area contributed by atoms with Crippen molar-refractivity contribution in [1.82, 2.24) is 25.1 Å². The predicted molar refractivity (Wildman–Crippen MR) is 117 cm³/mol. The second-order valence-corrected chi connectivity index (χ2v) is 9.99. The second-order valence-electron chi connectivity index (χ2n) is 9.99. The van der Waals surface area contributed by atoms with Crippen molar-refractivity contribution in [2.45, 2.75) is 51.6 Å². The molecule has 2 saturated heterocycles. The first-order valence-corrected chi connectivity index (χ1v) is 11.2. The van der Waals surface area contributed by atoms with Crippen LogP contribution in [0.25, 0.3) is 0 Å². The summed E-state index contributed by atoms with van der Waals surface area (Å²) in [5.74, 6) is 4.00. The van der Waals surface area contributed by atoms with Crippen molar-refractivity contribution in [3.8, 4) is 0 Å². The molecule has 1 atom stereocenters. The number of carbonyl (C=O) groups is 1. The van der Waals surface area contributed by atoms with Crippen LogP contribution < -0.4 is 10.2 Å². The van der Waals surface area contributed by atoms with Crippen molar-refractivity contribution >= 4 is 23.7 Å². The minimum Gasteiger partial charge on any atom is -0.444 e. The standard InChI is InChI=1S/C22H31N7O2/c1-22(2,3)31-21(30)29-12-16(13-29)15-7-9-28(11-15)20-23-8-6-18(25-20)24-19-10-17(26-27-19)14-4-5-14/h6,8,10,14-16H,4-5,7,9,11-13H2,1-3H3,(H2,23,24,25,26,27). The van der Waals surface area contributed by atoms with Crippen molar-refractivity contribution in [3.05, 3.63) is 24.0 Å². The number of aromatic amines is 1. The van der Waals surface area contributed by atoms with E-state index in [0.29, 0.717) is 17.8 Å². The Morgan fingerprint density at radius 2 is 1.97 bits per heavy atom. The lowest BCUT2D eigenvalue weighted by Crippen LogP contribution is -2.54. The molecule has 31 heavy (non-hydrogen) atoms. The van der Waals surface area contributed by atoms with Crippen molar-refractivity contribution in [1.29, 1.82) is 0 Å². The molecule has 2 aromatic heterocycles. The lowest BCUT2D eigenvalue weighted by Gasteiger charge is -2.42. The molecule has 3 aliphatic rings. The van der Waals surface area contributed by atoms with Gasteiger partial charge in [0.1, 0.15) is 11.4 Å². The summed E-state index contributed by atoms with van der Waals surface area (Å²) in [6, 6.07) is 3.94. The Morgan fingerprint density at radius 1 is 1.16 bits per heavy atom. The van der Waals surface area contributed by atoms with E-state index in [-0.39, 0.29) is 6.09 Å². The molecule has 1 aliphatic carbocycles. The SMILES string of the molecule is CC(C)(C)OC(=O)N1CC(C2CCN(c3nccc(Nc4cc(C5CC5)[nH]n4)n3)C2)C1. The number of nitrogens with zero attached hydrogens (tertiary/aromatic N) is 5. The third kappa shape index (κ3) is 4.60. The molecule has 0 aromatic carbocycles. The highest BCUT2D eigenvalue weighted by Gasteiger charge is 2.41. The molecule has 1 saturated carbocycles. The quantitative estimate of drug-likeness (QED) is 0.756. The number of H-pyrrole nitrogens is 1. The average molecular weight is 426 g/mol. The highest BCUT2D eigenvalue weighted by Crippen LogP contribution is 2.39. The molecule has 1 amide bonds. The normalized spacial score (nSPS) is 21.8. The molecule has 0 spiro atoms. The van der Waals surface area contributed by atoms with Crippen LogP contribution in [0.15, 0.2) is 18.3 Å². The Kier molecular flexibility index (Phi) is 4.98. The maximum absolute atomic E-state index is 12.2. The Morgan fingerprint density at radius 3 is 2.71 bits per heavy atom. The third-order valence-electron chi connectivity index (χ3n) is 6.25. The molecule has 0 radical (unpaired) electrons. The zero-order valence-corrected chi connectivity index (χ0v) is 18.5. The van der Waals surface area contributed by atoms with Crippen LogP contribution in [-0.2, 0) is 4.74 Å². The maximum atomic E-state index is 12.2. The molecule has 5 rings (SSSR count). The maximum Gasteiger partial charge on any atom is 0.410 e. The summed E-state index contributed by atoms with van der Waals surface area (Å²) in [7, 11) is 0. The largest absolute Gasteiger partial charge is 0.444 e. The summed E-state index contributed by atoms with van der Waals surface area (Å²) in [5, 5.41) is 10.7. The van der Waals surface area contributed by atoms with E-state index < -0.39 is 5.60 Å². The predicted octanol–water partition coefficient (Wildman–Crippen LogP) is 3.51. The van der Waals surface area contributed by atoms with Crippen LogP contribution in [0.2, 0.25) is 0 Å². The highest BCUT2D eigenvalue weighted by molar-refractivity contribution is 5.69. The van der Waals surface area contributed by atoms with Gasteiger partial charge in [-0.1, -0.05) is 0 Å². The molecule has 2 N–H and O–H groups in total. The summed E-state index contributed by atoms with van der Waals surface area (Å²) in [4.78, 5) is 25.4. The number of aromatic nitrogens is 4. The van der Waals surface area contributed by atoms with Crippen LogP contribution in [0.4, 0.5) is 22.4 Å². The van der Waals surface area contributed by atoms with E-state index in [1.165, 1.54) is 18.5 Å².